The smallest absolute Gasteiger partial charge is 0.319 e. The summed E-state index contributed by atoms with van der Waals surface area (Å²) in [7, 11) is -3.51. The van der Waals surface area contributed by atoms with Crippen LogP contribution in [0.4, 0.5) is 10.5 Å². The van der Waals surface area contributed by atoms with E-state index in [-0.39, 0.29) is 22.7 Å². The minimum atomic E-state index is -3.51. The van der Waals surface area contributed by atoms with Crippen LogP contribution >= 0.6 is 0 Å². The van der Waals surface area contributed by atoms with Gasteiger partial charge in [0.25, 0.3) is 0 Å². The molecule has 3 N–H and O–H groups in total. The van der Waals surface area contributed by atoms with Crippen LogP contribution in [0.2, 0.25) is 0 Å². The van der Waals surface area contributed by atoms with Crippen molar-refractivity contribution in [3.05, 3.63) is 94.5 Å². The lowest BCUT2D eigenvalue weighted by Crippen LogP contribution is -2.31. The van der Waals surface area contributed by atoms with Gasteiger partial charge in [-0.2, -0.15) is 0 Å². The summed E-state index contributed by atoms with van der Waals surface area (Å²) in [6, 6.07) is 19.9. The molecule has 0 aromatic heterocycles. The SMILES string of the molecule is Cc1cc(NC(=O)NC(C)c2ccccc2)ccc1S(=O)(=O)Cc1ccc2c(c1)CNC2. The number of rotatable bonds is 6. The zero-order valence-corrected chi connectivity index (χ0v) is 19.0. The Morgan fingerprint density at radius 3 is 2.50 bits per heavy atom. The van der Waals surface area contributed by atoms with E-state index in [0.29, 0.717) is 11.3 Å². The molecule has 2 amide bonds. The lowest BCUT2D eigenvalue weighted by atomic mass is 10.1. The molecule has 1 atom stereocenters. The molecule has 7 heteroatoms. The van der Waals surface area contributed by atoms with Crippen molar-refractivity contribution in [1.82, 2.24) is 10.6 Å². The number of hydrogen-bond donors (Lipinski definition) is 3. The number of urea groups is 1. The molecule has 0 radical (unpaired) electrons. The molecule has 1 aliphatic rings. The molecule has 0 aliphatic carbocycles. The predicted molar refractivity (Wildman–Crippen MR) is 126 cm³/mol. The Morgan fingerprint density at radius 1 is 1.00 bits per heavy atom. The number of sulfone groups is 1. The highest BCUT2D eigenvalue weighted by molar-refractivity contribution is 7.90. The molecule has 0 saturated heterocycles. The largest absolute Gasteiger partial charge is 0.331 e. The second-order valence-electron chi connectivity index (χ2n) is 8.18. The van der Waals surface area contributed by atoms with E-state index in [1.165, 1.54) is 5.56 Å². The van der Waals surface area contributed by atoms with Crippen LogP contribution in [0.1, 0.15) is 40.8 Å². The zero-order chi connectivity index (χ0) is 22.7. The summed E-state index contributed by atoms with van der Waals surface area (Å²) in [4.78, 5) is 12.7. The third kappa shape index (κ3) is 5.00. The van der Waals surface area contributed by atoms with Crippen LogP contribution in [0.5, 0.6) is 0 Å². The van der Waals surface area contributed by atoms with Crippen LogP contribution in [-0.2, 0) is 28.7 Å². The summed E-state index contributed by atoms with van der Waals surface area (Å²) in [5.74, 6) is -0.0526. The molecule has 32 heavy (non-hydrogen) atoms. The van der Waals surface area contributed by atoms with Crippen LogP contribution in [-0.4, -0.2) is 14.4 Å². The molecule has 3 aromatic carbocycles. The Morgan fingerprint density at radius 2 is 1.75 bits per heavy atom. The minimum absolute atomic E-state index is 0.0526. The van der Waals surface area contributed by atoms with Crippen molar-refractivity contribution in [2.75, 3.05) is 5.32 Å². The topological polar surface area (TPSA) is 87.3 Å². The Hall–Kier alpha value is -3.16. The molecule has 0 bridgehead atoms. The van der Waals surface area contributed by atoms with Crippen molar-refractivity contribution in [2.45, 2.75) is 43.6 Å². The zero-order valence-electron chi connectivity index (χ0n) is 18.2. The fourth-order valence-electron chi connectivity index (χ4n) is 4.00. The number of amides is 2. The summed E-state index contributed by atoms with van der Waals surface area (Å²) in [6.45, 7) is 5.25. The fourth-order valence-corrected chi connectivity index (χ4v) is 5.60. The average molecular weight is 450 g/mol. The number of aryl methyl sites for hydroxylation is 1. The van der Waals surface area contributed by atoms with Gasteiger partial charge in [-0.3, -0.25) is 0 Å². The number of anilines is 1. The van der Waals surface area contributed by atoms with Gasteiger partial charge in [-0.05, 0) is 59.9 Å². The second kappa shape index (κ2) is 9.14. The van der Waals surface area contributed by atoms with Crippen LogP contribution < -0.4 is 16.0 Å². The van der Waals surface area contributed by atoms with Crippen LogP contribution in [0.25, 0.3) is 0 Å². The van der Waals surface area contributed by atoms with Gasteiger partial charge >= 0.3 is 6.03 Å². The number of carbonyl (C=O) groups excluding carboxylic acids is 1. The Bertz CT molecular complexity index is 1240. The molecule has 6 nitrogen and oxygen atoms in total. The van der Waals surface area contributed by atoms with Gasteiger partial charge in [-0.1, -0.05) is 48.5 Å². The van der Waals surface area contributed by atoms with E-state index in [0.717, 1.165) is 29.8 Å². The molecule has 1 heterocycles. The minimum Gasteiger partial charge on any atom is -0.331 e. The molecule has 166 valence electrons. The van der Waals surface area contributed by atoms with Crippen molar-refractivity contribution in [3.63, 3.8) is 0 Å². The van der Waals surface area contributed by atoms with E-state index < -0.39 is 9.84 Å². The number of fused-ring (bicyclic) bond motifs is 1. The van der Waals surface area contributed by atoms with E-state index in [4.69, 9.17) is 0 Å². The van der Waals surface area contributed by atoms with Gasteiger partial charge in [0.15, 0.2) is 9.84 Å². The van der Waals surface area contributed by atoms with Gasteiger partial charge in [0.1, 0.15) is 0 Å². The van der Waals surface area contributed by atoms with Crippen molar-refractivity contribution in [3.8, 4) is 0 Å². The Kier molecular flexibility index (Phi) is 6.30. The van der Waals surface area contributed by atoms with Crippen molar-refractivity contribution in [1.29, 1.82) is 0 Å². The van der Waals surface area contributed by atoms with Crippen LogP contribution in [0.15, 0.2) is 71.6 Å². The summed E-state index contributed by atoms with van der Waals surface area (Å²) in [5.41, 5.74) is 5.30. The number of carbonyl (C=O) groups is 1. The third-order valence-electron chi connectivity index (χ3n) is 5.67. The normalized spacial score (nSPS) is 13.9. The third-order valence-corrected chi connectivity index (χ3v) is 7.51. The molecule has 0 saturated carbocycles. The molecule has 0 fully saturated rings. The Balaban J connectivity index is 1.43. The van der Waals surface area contributed by atoms with E-state index in [1.807, 2.05) is 55.5 Å². The first kappa shape index (κ1) is 22.0. The van der Waals surface area contributed by atoms with Gasteiger partial charge in [0, 0.05) is 18.8 Å². The van der Waals surface area contributed by atoms with Crippen LogP contribution in [0, 0.1) is 6.92 Å². The summed E-state index contributed by atoms with van der Waals surface area (Å²) >= 11 is 0. The summed E-state index contributed by atoms with van der Waals surface area (Å²) < 4.78 is 26.1. The highest BCUT2D eigenvalue weighted by atomic mass is 32.2. The fraction of sp³-hybridized carbons (Fsp3) is 0.240. The van der Waals surface area contributed by atoms with Crippen LogP contribution in [0.3, 0.4) is 0 Å². The summed E-state index contributed by atoms with van der Waals surface area (Å²) in [5, 5.41) is 8.95. The molecular weight excluding hydrogens is 422 g/mol. The highest BCUT2D eigenvalue weighted by Crippen LogP contribution is 2.25. The molecule has 1 aliphatic heterocycles. The van der Waals surface area contributed by atoms with Crippen molar-refractivity contribution in [2.24, 2.45) is 0 Å². The average Bonchev–Trinajstić information content (AvgIpc) is 3.21. The van der Waals surface area contributed by atoms with Gasteiger partial charge in [0.2, 0.25) is 0 Å². The van der Waals surface area contributed by atoms with Gasteiger partial charge in [-0.15, -0.1) is 0 Å². The Labute approximate surface area is 189 Å². The van der Waals surface area contributed by atoms with Crippen molar-refractivity contribution >= 4 is 21.6 Å². The quantitative estimate of drug-likeness (QED) is 0.519. The van der Waals surface area contributed by atoms with E-state index in [2.05, 4.69) is 16.0 Å². The molecule has 0 spiro atoms. The van der Waals surface area contributed by atoms with Gasteiger partial charge < -0.3 is 16.0 Å². The standard InChI is InChI=1S/C25H27N3O3S/c1-17-12-23(28-25(29)27-18(2)20-6-4-3-5-7-20)10-11-24(17)32(30,31)16-19-8-9-21-14-26-15-22(21)13-19/h3-13,18,26H,14-16H2,1-2H3,(H2,27,28,29). The lowest BCUT2D eigenvalue weighted by Gasteiger charge is -2.16. The maximum Gasteiger partial charge on any atom is 0.319 e. The summed E-state index contributed by atoms with van der Waals surface area (Å²) in [6.07, 6.45) is 0. The maximum absolute atomic E-state index is 13.0. The van der Waals surface area contributed by atoms with Gasteiger partial charge in [-0.25, -0.2) is 13.2 Å². The van der Waals surface area contributed by atoms with E-state index in [1.54, 1.807) is 25.1 Å². The van der Waals surface area contributed by atoms with E-state index >= 15 is 0 Å². The molecule has 4 rings (SSSR count). The van der Waals surface area contributed by atoms with Gasteiger partial charge in [0.05, 0.1) is 16.7 Å². The van der Waals surface area contributed by atoms with Crippen molar-refractivity contribution < 1.29 is 13.2 Å². The second-order valence-corrected chi connectivity index (χ2v) is 10.1. The number of benzene rings is 3. The molecular formula is C25H27N3O3S. The first-order chi connectivity index (χ1) is 15.3. The monoisotopic (exact) mass is 449 g/mol. The molecule has 3 aromatic rings. The lowest BCUT2D eigenvalue weighted by molar-refractivity contribution is 0.249. The molecule has 1 unspecified atom stereocenters. The van der Waals surface area contributed by atoms with E-state index in [9.17, 15) is 13.2 Å². The first-order valence-corrected chi connectivity index (χ1v) is 12.2. The maximum atomic E-state index is 13.0. The first-order valence-electron chi connectivity index (χ1n) is 10.6. The number of nitrogens with one attached hydrogen (secondary N) is 3. The number of hydrogen-bond acceptors (Lipinski definition) is 4. The predicted octanol–water partition coefficient (Wildman–Crippen LogP) is 4.45. The highest BCUT2D eigenvalue weighted by Gasteiger charge is 2.20.